The Labute approximate surface area is 206 Å². The molecule has 0 saturated carbocycles. The fourth-order valence-electron chi connectivity index (χ4n) is 4.94. The molecule has 9 heteroatoms. The van der Waals surface area contributed by atoms with Gasteiger partial charge in [0.2, 0.25) is 5.91 Å². The van der Waals surface area contributed by atoms with Gasteiger partial charge >= 0.3 is 6.18 Å². The lowest BCUT2D eigenvalue weighted by Gasteiger charge is -2.31. The van der Waals surface area contributed by atoms with E-state index >= 15 is 0 Å². The second-order valence-corrected chi connectivity index (χ2v) is 9.16. The number of pyridine rings is 1. The molecule has 0 radical (unpaired) electrons. The van der Waals surface area contributed by atoms with Crippen LogP contribution < -0.4 is 0 Å². The van der Waals surface area contributed by atoms with E-state index in [0.717, 1.165) is 47.7 Å². The lowest BCUT2D eigenvalue weighted by Crippen LogP contribution is -2.38. The molecule has 0 N–H and O–H groups in total. The van der Waals surface area contributed by atoms with Crippen molar-refractivity contribution in [1.82, 2.24) is 24.1 Å². The molecule has 1 unspecified atom stereocenters. The van der Waals surface area contributed by atoms with E-state index in [0.29, 0.717) is 24.6 Å². The third-order valence-electron chi connectivity index (χ3n) is 6.74. The number of rotatable bonds is 4. The Kier molecular flexibility index (Phi) is 6.15. The van der Waals surface area contributed by atoms with E-state index in [4.69, 9.17) is 0 Å². The highest BCUT2D eigenvalue weighted by Gasteiger charge is 2.32. The number of benzene rings is 1. The highest BCUT2D eigenvalue weighted by atomic mass is 19.4. The van der Waals surface area contributed by atoms with E-state index in [1.807, 2.05) is 56.3 Å². The van der Waals surface area contributed by atoms with Crippen LogP contribution >= 0.6 is 0 Å². The second-order valence-electron chi connectivity index (χ2n) is 9.16. The minimum Gasteiger partial charge on any atom is -0.338 e. The summed E-state index contributed by atoms with van der Waals surface area (Å²) in [5.41, 5.74) is 3.73. The van der Waals surface area contributed by atoms with E-state index in [1.165, 1.54) is 10.5 Å². The normalized spacial score (nSPS) is 16.8. The molecule has 1 aromatic carbocycles. The molecule has 36 heavy (non-hydrogen) atoms. The molecule has 1 fully saturated rings. The maximum absolute atomic E-state index is 13.2. The SMILES string of the molecule is Cc1cc(/C=C/C(=O)N2CCCC(c3nnc4ccc(C(F)(F)F)cn34)C2)c(C)n1-c1ccccc1. The van der Waals surface area contributed by atoms with Crippen molar-refractivity contribution in [1.29, 1.82) is 0 Å². The quantitative estimate of drug-likeness (QED) is 0.349. The minimum absolute atomic E-state index is 0.131. The van der Waals surface area contributed by atoms with Gasteiger partial charge in [-0.15, -0.1) is 10.2 Å². The summed E-state index contributed by atoms with van der Waals surface area (Å²) in [5.74, 6) is 0.121. The molecular formula is C27H26F3N5O. The van der Waals surface area contributed by atoms with Crippen molar-refractivity contribution < 1.29 is 18.0 Å². The Hall–Kier alpha value is -3.88. The predicted molar refractivity (Wildman–Crippen MR) is 131 cm³/mol. The standard InChI is InChI=1S/C27H26F3N5O/c1-18-15-20(19(2)35(18)23-8-4-3-5-9-23)10-13-25(36)33-14-6-7-21(16-33)26-32-31-24-12-11-22(17-34(24)26)27(28,29)30/h3-5,8-13,15,17,21H,6-7,14,16H2,1-2H3/b13-10+. The maximum atomic E-state index is 13.2. The molecular weight excluding hydrogens is 467 g/mol. The summed E-state index contributed by atoms with van der Waals surface area (Å²) in [6.45, 7) is 5.02. The van der Waals surface area contributed by atoms with E-state index in [2.05, 4.69) is 14.8 Å². The monoisotopic (exact) mass is 493 g/mol. The number of halogens is 3. The van der Waals surface area contributed by atoms with Crippen molar-refractivity contribution in [2.45, 2.75) is 38.8 Å². The van der Waals surface area contributed by atoms with Crippen LogP contribution in [0.5, 0.6) is 0 Å². The predicted octanol–water partition coefficient (Wildman–Crippen LogP) is 5.58. The molecule has 4 heterocycles. The van der Waals surface area contributed by atoms with Crippen LogP contribution in [0.25, 0.3) is 17.4 Å². The Morgan fingerprint density at radius 3 is 2.61 bits per heavy atom. The molecule has 186 valence electrons. The van der Waals surface area contributed by atoms with Gasteiger partial charge < -0.3 is 9.47 Å². The number of aryl methyl sites for hydroxylation is 1. The zero-order chi connectivity index (χ0) is 25.4. The van der Waals surface area contributed by atoms with Crippen LogP contribution in [-0.4, -0.2) is 43.1 Å². The third kappa shape index (κ3) is 4.53. The van der Waals surface area contributed by atoms with Gasteiger partial charge in [-0.05, 0) is 68.7 Å². The Morgan fingerprint density at radius 2 is 1.86 bits per heavy atom. The van der Waals surface area contributed by atoms with Crippen LogP contribution in [-0.2, 0) is 11.0 Å². The van der Waals surface area contributed by atoms with Crippen LogP contribution in [0.15, 0.2) is 60.8 Å². The van der Waals surface area contributed by atoms with Crippen molar-refractivity contribution in [2.24, 2.45) is 0 Å². The molecule has 5 rings (SSSR count). The number of fused-ring (bicyclic) bond motifs is 1. The summed E-state index contributed by atoms with van der Waals surface area (Å²) in [6.07, 6.45) is 1.45. The fourth-order valence-corrected chi connectivity index (χ4v) is 4.94. The molecule has 1 aliphatic heterocycles. The van der Waals surface area contributed by atoms with Crippen LogP contribution in [0.4, 0.5) is 13.2 Å². The van der Waals surface area contributed by atoms with Gasteiger partial charge in [-0.1, -0.05) is 18.2 Å². The zero-order valence-electron chi connectivity index (χ0n) is 20.0. The smallest absolute Gasteiger partial charge is 0.338 e. The van der Waals surface area contributed by atoms with Gasteiger partial charge in [0, 0.05) is 48.4 Å². The molecule has 4 aromatic rings. The first-order valence-corrected chi connectivity index (χ1v) is 11.9. The number of para-hydroxylation sites is 1. The number of carbonyl (C=O) groups is 1. The van der Waals surface area contributed by atoms with Gasteiger partial charge in [-0.25, -0.2) is 0 Å². The van der Waals surface area contributed by atoms with Crippen LogP contribution in [0.1, 0.15) is 47.1 Å². The molecule has 0 bridgehead atoms. The molecule has 1 saturated heterocycles. The molecule has 3 aromatic heterocycles. The molecule has 1 aliphatic rings. The van der Waals surface area contributed by atoms with Gasteiger partial charge in [0.05, 0.1) is 5.56 Å². The third-order valence-corrected chi connectivity index (χ3v) is 6.74. The number of aromatic nitrogens is 4. The Morgan fingerprint density at radius 1 is 1.08 bits per heavy atom. The number of hydrogen-bond acceptors (Lipinski definition) is 3. The van der Waals surface area contributed by atoms with E-state index in [9.17, 15) is 18.0 Å². The molecule has 0 spiro atoms. The van der Waals surface area contributed by atoms with Crippen molar-refractivity contribution in [2.75, 3.05) is 13.1 Å². The van der Waals surface area contributed by atoms with Crippen molar-refractivity contribution in [3.8, 4) is 5.69 Å². The first kappa shape index (κ1) is 23.8. The summed E-state index contributed by atoms with van der Waals surface area (Å²) >= 11 is 0. The average Bonchev–Trinajstić information content (AvgIpc) is 3.42. The zero-order valence-corrected chi connectivity index (χ0v) is 20.0. The van der Waals surface area contributed by atoms with Crippen LogP contribution in [0, 0.1) is 13.8 Å². The number of hydrogen-bond donors (Lipinski definition) is 0. The maximum Gasteiger partial charge on any atom is 0.417 e. The number of piperidine rings is 1. The van der Waals surface area contributed by atoms with Gasteiger partial charge in [-0.2, -0.15) is 13.2 Å². The first-order valence-electron chi connectivity index (χ1n) is 11.9. The number of alkyl halides is 3. The number of likely N-dealkylation sites (tertiary alicyclic amines) is 1. The highest BCUT2D eigenvalue weighted by molar-refractivity contribution is 5.92. The van der Waals surface area contributed by atoms with Crippen molar-refractivity contribution >= 4 is 17.6 Å². The summed E-state index contributed by atoms with van der Waals surface area (Å²) in [6, 6.07) is 14.4. The number of nitrogens with zero attached hydrogens (tertiary/aromatic N) is 5. The Bertz CT molecular complexity index is 1440. The summed E-state index contributed by atoms with van der Waals surface area (Å²) in [4.78, 5) is 14.8. The summed E-state index contributed by atoms with van der Waals surface area (Å²) in [7, 11) is 0. The van der Waals surface area contributed by atoms with E-state index < -0.39 is 11.7 Å². The van der Waals surface area contributed by atoms with E-state index in [-0.39, 0.29) is 11.8 Å². The molecule has 0 aliphatic carbocycles. The van der Waals surface area contributed by atoms with Crippen LogP contribution in [0.2, 0.25) is 0 Å². The molecule has 1 atom stereocenters. The van der Waals surface area contributed by atoms with Gasteiger partial charge in [0.1, 0.15) is 5.82 Å². The molecule has 6 nitrogen and oxygen atoms in total. The lowest BCUT2D eigenvalue weighted by molar-refractivity contribution is -0.137. The largest absolute Gasteiger partial charge is 0.417 e. The van der Waals surface area contributed by atoms with Gasteiger partial charge in [0.15, 0.2) is 5.65 Å². The number of amides is 1. The van der Waals surface area contributed by atoms with E-state index in [1.54, 1.807) is 11.0 Å². The minimum atomic E-state index is -4.45. The van der Waals surface area contributed by atoms with Crippen LogP contribution in [0.3, 0.4) is 0 Å². The lowest BCUT2D eigenvalue weighted by atomic mass is 9.97. The van der Waals surface area contributed by atoms with Crippen molar-refractivity contribution in [3.05, 3.63) is 89.1 Å². The average molecular weight is 494 g/mol. The Balaban J connectivity index is 1.34. The molecule has 1 amide bonds. The fraction of sp³-hybridized carbons (Fsp3) is 0.296. The van der Waals surface area contributed by atoms with Gasteiger partial charge in [-0.3, -0.25) is 9.20 Å². The van der Waals surface area contributed by atoms with Gasteiger partial charge in [0.25, 0.3) is 0 Å². The first-order chi connectivity index (χ1) is 17.2. The topological polar surface area (TPSA) is 55.4 Å². The summed E-state index contributed by atoms with van der Waals surface area (Å²) in [5, 5.41) is 8.20. The highest BCUT2D eigenvalue weighted by Crippen LogP contribution is 2.31. The second kappa shape index (κ2) is 9.29. The number of carbonyl (C=O) groups excluding carboxylic acids is 1. The summed E-state index contributed by atoms with van der Waals surface area (Å²) < 4.78 is 43.2. The van der Waals surface area contributed by atoms with Crippen molar-refractivity contribution in [3.63, 3.8) is 0 Å².